The zero-order valence-corrected chi connectivity index (χ0v) is 16.9. The van der Waals surface area contributed by atoms with Crippen LogP contribution in [-0.2, 0) is 4.79 Å². The SMILES string of the molecule is Cc1ccc(-n2c(SCC(=O)N/N=C/c3ccco3)nnc2-c2ccncc2)cc1. The van der Waals surface area contributed by atoms with Crippen LogP contribution in [0.5, 0.6) is 0 Å². The van der Waals surface area contributed by atoms with Crippen molar-refractivity contribution in [3.05, 3.63) is 78.5 Å². The van der Waals surface area contributed by atoms with Crippen LogP contribution in [0.15, 0.2) is 81.9 Å². The van der Waals surface area contributed by atoms with E-state index in [9.17, 15) is 4.79 Å². The van der Waals surface area contributed by atoms with E-state index in [-0.39, 0.29) is 11.7 Å². The van der Waals surface area contributed by atoms with E-state index in [1.165, 1.54) is 24.2 Å². The Bertz CT molecular complexity index is 1140. The molecule has 0 radical (unpaired) electrons. The van der Waals surface area contributed by atoms with Gasteiger partial charge in [0.25, 0.3) is 5.91 Å². The maximum Gasteiger partial charge on any atom is 0.250 e. The minimum Gasteiger partial charge on any atom is -0.463 e. The van der Waals surface area contributed by atoms with Gasteiger partial charge in [-0.15, -0.1) is 10.2 Å². The molecule has 4 rings (SSSR count). The second kappa shape index (κ2) is 9.19. The number of pyridine rings is 1. The van der Waals surface area contributed by atoms with E-state index in [0.29, 0.717) is 16.7 Å². The van der Waals surface area contributed by atoms with Gasteiger partial charge in [0.1, 0.15) is 5.76 Å². The number of benzene rings is 1. The predicted octanol–water partition coefficient (Wildman–Crippen LogP) is 3.47. The number of hydrogen-bond acceptors (Lipinski definition) is 7. The van der Waals surface area contributed by atoms with E-state index >= 15 is 0 Å². The van der Waals surface area contributed by atoms with Gasteiger partial charge in [-0.1, -0.05) is 29.5 Å². The first-order chi connectivity index (χ1) is 14.7. The van der Waals surface area contributed by atoms with Crippen LogP contribution in [0.25, 0.3) is 17.1 Å². The Morgan fingerprint density at radius 2 is 1.97 bits per heavy atom. The molecule has 3 aromatic heterocycles. The van der Waals surface area contributed by atoms with Gasteiger partial charge in [0.15, 0.2) is 11.0 Å². The third-order valence-electron chi connectivity index (χ3n) is 4.12. The fourth-order valence-electron chi connectivity index (χ4n) is 2.67. The van der Waals surface area contributed by atoms with Crippen LogP contribution in [0, 0.1) is 6.92 Å². The number of carbonyl (C=O) groups excluding carboxylic acids is 1. The molecule has 150 valence electrons. The first kappa shape index (κ1) is 19.6. The second-order valence-electron chi connectivity index (χ2n) is 6.31. The molecule has 1 aromatic carbocycles. The van der Waals surface area contributed by atoms with Crippen molar-refractivity contribution in [3.63, 3.8) is 0 Å². The quantitative estimate of drug-likeness (QED) is 0.280. The zero-order chi connectivity index (χ0) is 20.8. The van der Waals surface area contributed by atoms with Gasteiger partial charge in [0.05, 0.1) is 18.2 Å². The Hall–Kier alpha value is -3.72. The van der Waals surface area contributed by atoms with Gasteiger partial charge in [0.2, 0.25) is 0 Å². The molecule has 0 aliphatic carbocycles. The average Bonchev–Trinajstić information content (AvgIpc) is 3.43. The lowest BCUT2D eigenvalue weighted by atomic mass is 10.2. The molecule has 4 aromatic rings. The molecule has 9 heteroatoms. The van der Waals surface area contributed by atoms with Gasteiger partial charge in [-0.25, -0.2) is 5.43 Å². The number of hydrogen-bond donors (Lipinski definition) is 1. The van der Waals surface area contributed by atoms with Crippen LogP contribution in [0.2, 0.25) is 0 Å². The molecule has 0 saturated carbocycles. The fourth-order valence-corrected chi connectivity index (χ4v) is 3.42. The second-order valence-corrected chi connectivity index (χ2v) is 7.25. The summed E-state index contributed by atoms with van der Waals surface area (Å²) in [5, 5.41) is 13.2. The molecule has 0 unspecified atom stereocenters. The standard InChI is InChI=1S/C21H18N6O2S/c1-15-4-6-17(7-5-15)27-20(16-8-10-22-11-9-16)25-26-21(27)30-14-19(28)24-23-13-18-3-2-12-29-18/h2-13H,14H2,1H3,(H,24,28)/b23-13+. The monoisotopic (exact) mass is 418 g/mol. The first-order valence-corrected chi connectivity index (χ1v) is 10.1. The van der Waals surface area contributed by atoms with Crippen LogP contribution in [0.4, 0.5) is 0 Å². The van der Waals surface area contributed by atoms with Crippen molar-refractivity contribution in [2.45, 2.75) is 12.1 Å². The Kier molecular flexibility index (Phi) is 6.00. The topological polar surface area (TPSA) is 98.2 Å². The van der Waals surface area contributed by atoms with Gasteiger partial charge in [-0.05, 0) is 43.3 Å². The number of aromatic nitrogens is 4. The number of carbonyl (C=O) groups is 1. The van der Waals surface area contributed by atoms with Gasteiger partial charge in [0, 0.05) is 23.6 Å². The van der Waals surface area contributed by atoms with Crippen molar-refractivity contribution in [2.24, 2.45) is 5.10 Å². The number of furan rings is 1. The number of rotatable bonds is 7. The number of nitrogens with zero attached hydrogens (tertiary/aromatic N) is 5. The highest BCUT2D eigenvalue weighted by atomic mass is 32.2. The highest BCUT2D eigenvalue weighted by Gasteiger charge is 2.17. The molecule has 30 heavy (non-hydrogen) atoms. The summed E-state index contributed by atoms with van der Waals surface area (Å²) in [7, 11) is 0. The molecule has 0 saturated heterocycles. The molecular formula is C21H18N6O2S. The van der Waals surface area contributed by atoms with E-state index in [1.54, 1.807) is 24.5 Å². The molecular weight excluding hydrogens is 400 g/mol. The Balaban J connectivity index is 1.53. The largest absolute Gasteiger partial charge is 0.463 e. The summed E-state index contributed by atoms with van der Waals surface area (Å²) in [5.74, 6) is 1.12. The van der Waals surface area contributed by atoms with Crippen molar-refractivity contribution < 1.29 is 9.21 Å². The smallest absolute Gasteiger partial charge is 0.250 e. The van der Waals surface area contributed by atoms with Crippen LogP contribution in [0.1, 0.15) is 11.3 Å². The molecule has 1 N–H and O–H groups in total. The number of amides is 1. The van der Waals surface area contributed by atoms with Crippen LogP contribution in [0.3, 0.4) is 0 Å². The van der Waals surface area contributed by atoms with Crippen molar-refractivity contribution >= 4 is 23.9 Å². The van der Waals surface area contributed by atoms with Crippen molar-refractivity contribution in [3.8, 4) is 17.1 Å². The van der Waals surface area contributed by atoms with E-state index in [1.807, 2.05) is 47.9 Å². The Morgan fingerprint density at radius 1 is 1.17 bits per heavy atom. The molecule has 0 aliphatic rings. The normalized spacial score (nSPS) is 11.1. The lowest BCUT2D eigenvalue weighted by Crippen LogP contribution is -2.19. The summed E-state index contributed by atoms with van der Waals surface area (Å²) in [5.41, 5.74) is 5.43. The summed E-state index contributed by atoms with van der Waals surface area (Å²) in [6.45, 7) is 2.03. The molecule has 0 aliphatic heterocycles. The number of thioether (sulfide) groups is 1. The Morgan fingerprint density at radius 3 is 2.70 bits per heavy atom. The maximum atomic E-state index is 12.2. The molecule has 0 spiro atoms. The van der Waals surface area contributed by atoms with Gasteiger partial charge < -0.3 is 4.42 Å². The summed E-state index contributed by atoms with van der Waals surface area (Å²) in [6, 6.07) is 15.3. The third-order valence-corrected chi connectivity index (χ3v) is 5.05. The zero-order valence-electron chi connectivity index (χ0n) is 16.1. The van der Waals surface area contributed by atoms with E-state index < -0.39 is 0 Å². The van der Waals surface area contributed by atoms with E-state index in [2.05, 4.69) is 25.7 Å². The molecule has 0 atom stereocenters. The van der Waals surface area contributed by atoms with Gasteiger partial charge in [-0.3, -0.25) is 14.3 Å². The van der Waals surface area contributed by atoms with Crippen molar-refractivity contribution in [1.29, 1.82) is 0 Å². The summed E-state index contributed by atoms with van der Waals surface area (Å²) in [4.78, 5) is 16.2. The maximum absolute atomic E-state index is 12.2. The fraction of sp³-hybridized carbons (Fsp3) is 0.0952. The number of aryl methyl sites for hydroxylation is 1. The predicted molar refractivity (Wildman–Crippen MR) is 114 cm³/mol. The van der Waals surface area contributed by atoms with Gasteiger partial charge >= 0.3 is 0 Å². The average molecular weight is 418 g/mol. The number of hydrazone groups is 1. The minimum absolute atomic E-state index is 0.135. The Labute approximate surface area is 177 Å². The van der Waals surface area contributed by atoms with E-state index in [4.69, 9.17) is 4.42 Å². The lowest BCUT2D eigenvalue weighted by molar-refractivity contribution is -0.118. The van der Waals surface area contributed by atoms with E-state index in [0.717, 1.165) is 16.8 Å². The first-order valence-electron chi connectivity index (χ1n) is 9.12. The molecule has 0 fully saturated rings. The van der Waals surface area contributed by atoms with Gasteiger partial charge in [-0.2, -0.15) is 5.10 Å². The highest BCUT2D eigenvalue weighted by molar-refractivity contribution is 7.99. The van der Waals surface area contributed by atoms with Crippen LogP contribution < -0.4 is 5.43 Å². The van der Waals surface area contributed by atoms with Crippen LogP contribution >= 0.6 is 11.8 Å². The third kappa shape index (κ3) is 4.64. The summed E-state index contributed by atoms with van der Waals surface area (Å²) < 4.78 is 7.06. The van der Waals surface area contributed by atoms with Crippen LogP contribution in [-0.4, -0.2) is 37.6 Å². The summed E-state index contributed by atoms with van der Waals surface area (Å²) >= 11 is 1.28. The molecule has 0 bridgehead atoms. The van der Waals surface area contributed by atoms with Crippen molar-refractivity contribution in [2.75, 3.05) is 5.75 Å². The summed E-state index contributed by atoms with van der Waals surface area (Å²) in [6.07, 6.45) is 6.40. The molecule has 1 amide bonds. The lowest BCUT2D eigenvalue weighted by Gasteiger charge is -2.10. The van der Waals surface area contributed by atoms with Crippen molar-refractivity contribution in [1.82, 2.24) is 25.2 Å². The molecule has 8 nitrogen and oxygen atoms in total. The number of nitrogens with one attached hydrogen (secondary N) is 1. The highest BCUT2D eigenvalue weighted by Crippen LogP contribution is 2.27. The molecule has 3 heterocycles. The minimum atomic E-state index is -0.258.